The SMILES string of the molecule is O=S(=O)(Cl)c1ccc(-n2ncnn2)cc1. The zero-order valence-electron chi connectivity index (χ0n) is 7.28. The van der Waals surface area contributed by atoms with Gasteiger partial charge in [-0.25, -0.2) is 8.42 Å². The molecule has 78 valence electrons. The molecule has 0 amide bonds. The first-order chi connectivity index (χ1) is 7.07. The summed E-state index contributed by atoms with van der Waals surface area (Å²) in [5, 5.41) is 11.0. The number of benzene rings is 1. The lowest BCUT2D eigenvalue weighted by Gasteiger charge is -1.99. The average Bonchev–Trinajstić information content (AvgIpc) is 2.69. The molecule has 8 heteroatoms. The molecule has 0 aliphatic carbocycles. The summed E-state index contributed by atoms with van der Waals surface area (Å²) in [4.78, 5) is 1.30. The van der Waals surface area contributed by atoms with E-state index in [4.69, 9.17) is 10.7 Å². The molecule has 0 unspecified atom stereocenters. The van der Waals surface area contributed by atoms with Crippen molar-refractivity contribution in [1.29, 1.82) is 0 Å². The topological polar surface area (TPSA) is 77.7 Å². The third-order valence-corrected chi connectivity index (χ3v) is 3.07. The van der Waals surface area contributed by atoms with Crippen LogP contribution in [0.15, 0.2) is 35.5 Å². The highest BCUT2D eigenvalue weighted by Gasteiger charge is 2.09. The lowest BCUT2D eigenvalue weighted by molar-refractivity contribution is 0.609. The van der Waals surface area contributed by atoms with Crippen molar-refractivity contribution < 1.29 is 8.42 Å². The summed E-state index contributed by atoms with van der Waals surface area (Å²) in [6, 6.07) is 5.83. The van der Waals surface area contributed by atoms with Gasteiger partial charge in [0, 0.05) is 10.7 Å². The summed E-state index contributed by atoms with van der Waals surface area (Å²) in [6.07, 6.45) is 1.28. The molecule has 0 N–H and O–H groups in total. The van der Waals surface area contributed by atoms with Gasteiger partial charge in [-0.3, -0.25) is 0 Å². The molecule has 2 aromatic rings. The highest BCUT2D eigenvalue weighted by atomic mass is 35.7. The fourth-order valence-corrected chi connectivity index (χ4v) is 1.80. The minimum atomic E-state index is -3.68. The first-order valence-corrected chi connectivity index (χ1v) is 6.16. The smallest absolute Gasteiger partial charge is 0.207 e. The monoisotopic (exact) mass is 244 g/mol. The Hall–Kier alpha value is -1.47. The third-order valence-electron chi connectivity index (χ3n) is 1.70. The molecule has 0 saturated heterocycles. The van der Waals surface area contributed by atoms with E-state index in [1.807, 2.05) is 0 Å². The molecule has 1 aromatic heterocycles. The number of nitrogens with zero attached hydrogens (tertiary/aromatic N) is 4. The van der Waals surface area contributed by atoms with Gasteiger partial charge in [-0.1, -0.05) is 0 Å². The standard InChI is InChI=1S/C7H5ClN4O2S/c8-15(13,14)7-3-1-6(2-4-7)12-10-5-9-11-12/h1-5H. The van der Waals surface area contributed by atoms with Crippen molar-refractivity contribution in [3.8, 4) is 5.69 Å². The van der Waals surface area contributed by atoms with Crippen LogP contribution >= 0.6 is 10.7 Å². The summed E-state index contributed by atoms with van der Waals surface area (Å²) in [6.45, 7) is 0. The lowest BCUT2D eigenvalue weighted by atomic mass is 10.3. The van der Waals surface area contributed by atoms with Crippen molar-refractivity contribution in [1.82, 2.24) is 20.2 Å². The van der Waals surface area contributed by atoms with Gasteiger partial charge in [0.05, 0.1) is 10.6 Å². The van der Waals surface area contributed by atoms with Gasteiger partial charge in [-0.05, 0) is 29.5 Å². The third kappa shape index (κ3) is 2.13. The zero-order chi connectivity index (χ0) is 10.9. The number of halogens is 1. The molecule has 0 radical (unpaired) electrons. The summed E-state index contributed by atoms with van der Waals surface area (Å²) in [7, 11) is 1.48. The van der Waals surface area contributed by atoms with Gasteiger partial charge >= 0.3 is 0 Å². The number of hydrogen-bond donors (Lipinski definition) is 0. The summed E-state index contributed by atoms with van der Waals surface area (Å²) >= 11 is 0. The van der Waals surface area contributed by atoms with E-state index < -0.39 is 9.05 Å². The highest BCUT2D eigenvalue weighted by Crippen LogP contribution is 2.16. The molecule has 2 rings (SSSR count). The maximum Gasteiger partial charge on any atom is 0.261 e. The van der Waals surface area contributed by atoms with Crippen LogP contribution in [0, 0.1) is 0 Å². The molecule has 15 heavy (non-hydrogen) atoms. The van der Waals surface area contributed by atoms with E-state index in [1.165, 1.54) is 35.4 Å². The van der Waals surface area contributed by atoms with Crippen molar-refractivity contribution in [2.24, 2.45) is 0 Å². The van der Waals surface area contributed by atoms with E-state index >= 15 is 0 Å². The molecule has 6 nitrogen and oxygen atoms in total. The predicted molar refractivity (Wildman–Crippen MR) is 52.2 cm³/mol. The van der Waals surface area contributed by atoms with E-state index in [1.54, 1.807) is 0 Å². The van der Waals surface area contributed by atoms with Crippen LogP contribution in [0.1, 0.15) is 0 Å². The molecular weight excluding hydrogens is 240 g/mol. The van der Waals surface area contributed by atoms with Gasteiger partial charge in [0.15, 0.2) is 6.33 Å². The lowest BCUT2D eigenvalue weighted by Crippen LogP contribution is -1.99. The van der Waals surface area contributed by atoms with Gasteiger partial charge in [0.25, 0.3) is 9.05 Å². The van der Waals surface area contributed by atoms with Crippen LogP contribution in [0.5, 0.6) is 0 Å². The van der Waals surface area contributed by atoms with Crippen LogP contribution in [0.25, 0.3) is 5.69 Å². The minimum Gasteiger partial charge on any atom is -0.207 e. The van der Waals surface area contributed by atoms with Crippen LogP contribution in [-0.4, -0.2) is 28.6 Å². The Labute approximate surface area is 89.9 Å². The Morgan fingerprint density at radius 3 is 2.33 bits per heavy atom. The number of aromatic nitrogens is 4. The first kappa shape index (κ1) is 10.1. The van der Waals surface area contributed by atoms with E-state index in [-0.39, 0.29) is 4.90 Å². The van der Waals surface area contributed by atoms with Crippen molar-refractivity contribution in [3.05, 3.63) is 30.6 Å². The van der Waals surface area contributed by atoms with Crippen LogP contribution in [0.4, 0.5) is 0 Å². The second-order valence-electron chi connectivity index (χ2n) is 2.66. The molecule has 0 bridgehead atoms. The second kappa shape index (κ2) is 3.59. The molecule has 0 saturated carbocycles. The molecule has 0 aliphatic rings. The second-order valence-corrected chi connectivity index (χ2v) is 5.22. The van der Waals surface area contributed by atoms with Gasteiger partial charge in [0.1, 0.15) is 0 Å². The molecule has 0 spiro atoms. The molecular formula is C7H5ClN4O2S. The largest absolute Gasteiger partial charge is 0.261 e. The van der Waals surface area contributed by atoms with E-state index in [0.717, 1.165) is 0 Å². The van der Waals surface area contributed by atoms with Crippen LogP contribution in [-0.2, 0) is 9.05 Å². The van der Waals surface area contributed by atoms with Crippen molar-refractivity contribution in [3.63, 3.8) is 0 Å². The summed E-state index contributed by atoms with van der Waals surface area (Å²) in [5.74, 6) is 0. The quantitative estimate of drug-likeness (QED) is 0.723. The van der Waals surface area contributed by atoms with Gasteiger partial charge in [-0.15, -0.1) is 15.0 Å². The Morgan fingerprint density at radius 1 is 1.20 bits per heavy atom. The molecule has 1 heterocycles. The highest BCUT2D eigenvalue weighted by molar-refractivity contribution is 8.13. The normalized spacial score (nSPS) is 11.5. The maximum absolute atomic E-state index is 10.9. The zero-order valence-corrected chi connectivity index (χ0v) is 8.85. The van der Waals surface area contributed by atoms with Gasteiger partial charge in [-0.2, -0.15) is 0 Å². The van der Waals surface area contributed by atoms with Crippen LogP contribution < -0.4 is 0 Å². The van der Waals surface area contributed by atoms with Gasteiger partial charge < -0.3 is 0 Å². The van der Waals surface area contributed by atoms with Crippen LogP contribution in [0.3, 0.4) is 0 Å². The van der Waals surface area contributed by atoms with Crippen molar-refractivity contribution >= 4 is 19.7 Å². The average molecular weight is 245 g/mol. The predicted octanol–water partition coefficient (Wildman–Crippen LogP) is 0.590. The minimum absolute atomic E-state index is 0.0352. The van der Waals surface area contributed by atoms with Crippen molar-refractivity contribution in [2.45, 2.75) is 4.90 Å². The van der Waals surface area contributed by atoms with E-state index in [2.05, 4.69) is 15.4 Å². The summed E-state index contributed by atoms with van der Waals surface area (Å²) < 4.78 is 21.9. The fourth-order valence-electron chi connectivity index (χ4n) is 1.03. The van der Waals surface area contributed by atoms with E-state index in [0.29, 0.717) is 5.69 Å². The molecule has 0 aliphatic heterocycles. The first-order valence-electron chi connectivity index (χ1n) is 3.85. The Kier molecular flexibility index (Phi) is 2.41. The number of tetrazole rings is 1. The Balaban J connectivity index is 2.42. The van der Waals surface area contributed by atoms with Crippen molar-refractivity contribution in [2.75, 3.05) is 0 Å². The Morgan fingerprint density at radius 2 is 1.87 bits per heavy atom. The maximum atomic E-state index is 10.9. The summed E-state index contributed by atoms with van der Waals surface area (Å²) in [5.41, 5.74) is 0.608. The molecule has 0 fully saturated rings. The van der Waals surface area contributed by atoms with E-state index in [9.17, 15) is 8.42 Å². The number of rotatable bonds is 2. The van der Waals surface area contributed by atoms with Crippen LogP contribution in [0.2, 0.25) is 0 Å². The fraction of sp³-hybridized carbons (Fsp3) is 0. The Bertz CT molecular complexity index is 549. The number of hydrogen-bond acceptors (Lipinski definition) is 5. The van der Waals surface area contributed by atoms with Gasteiger partial charge in [0.2, 0.25) is 0 Å². The molecule has 0 atom stereocenters. The molecule has 1 aromatic carbocycles.